The van der Waals surface area contributed by atoms with Crippen LogP contribution in [0.5, 0.6) is 5.75 Å². The summed E-state index contributed by atoms with van der Waals surface area (Å²) >= 11 is 6.04. The van der Waals surface area contributed by atoms with Crippen LogP contribution in [0.25, 0.3) is 5.69 Å². The van der Waals surface area contributed by atoms with Gasteiger partial charge in [-0.2, -0.15) is 0 Å². The molecule has 3 rings (SSSR count). The average Bonchev–Trinajstić information content (AvgIpc) is 3.09. The molecule has 0 radical (unpaired) electrons. The predicted molar refractivity (Wildman–Crippen MR) is 95.2 cm³/mol. The molecule has 0 saturated heterocycles. The van der Waals surface area contributed by atoms with Gasteiger partial charge in [-0.05, 0) is 30.3 Å². The number of rotatable bonds is 5. The van der Waals surface area contributed by atoms with Crippen LogP contribution in [0.4, 0.5) is 10.5 Å². The maximum absolute atomic E-state index is 12.1. The second-order valence-electron chi connectivity index (χ2n) is 5.11. The second kappa shape index (κ2) is 7.67. The van der Waals surface area contributed by atoms with Gasteiger partial charge in [0.15, 0.2) is 5.82 Å². The monoisotopic (exact) mass is 357 g/mol. The number of urea groups is 1. The Balaban J connectivity index is 1.62. The van der Waals surface area contributed by atoms with E-state index < -0.39 is 0 Å². The predicted octanol–water partition coefficient (Wildman–Crippen LogP) is 3.25. The van der Waals surface area contributed by atoms with E-state index in [0.717, 1.165) is 5.69 Å². The molecule has 1 aromatic heterocycles. The number of methoxy groups -OCH3 is 1. The van der Waals surface area contributed by atoms with E-state index in [4.69, 9.17) is 16.3 Å². The third-order valence-electron chi connectivity index (χ3n) is 3.47. The molecule has 2 amide bonds. The van der Waals surface area contributed by atoms with Crippen molar-refractivity contribution in [3.63, 3.8) is 0 Å². The Kier molecular flexibility index (Phi) is 5.15. The van der Waals surface area contributed by atoms with Crippen molar-refractivity contribution in [2.45, 2.75) is 6.54 Å². The molecular formula is C17H16ClN5O2. The number of anilines is 1. The minimum absolute atomic E-state index is 0.227. The highest BCUT2D eigenvalue weighted by molar-refractivity contribution is 6.32. The third-order valence-corrected chi connectivity index (χ3v) is 3.76. The highest BCUT2D eigenvalue weighted by atomic mass is 35.5. The first-order valence-electron chi connectivity index (χ1n) is 7.50. The first-order valence-corrected chi connectivity index (χ1v) is 7.88. The van der Waals surface area contributed by atoms with Gasteiger partial charge in [0.25, 0.3) is 0 Å². The number of hydrogen-bond acceptors (Lipinski definition) is 4. The molecule has 3 aromatic rings. The number of halogens is 1. The van der Waals surface area contributed by atoms with Crippen LogP contribution in [0.1, 0.15) is 5.82 Å². The quantitative estimate of drug-likeness (QED) is 0.734. The average molecular weight is 358 g/mol. The van der Waals surface area contributed by atoms with E-state index in [0.29, 0.717) is 22.3 Å². The van der Waals surface area contributed by atoms with Gasteiger partial charge < -0.3 is 15.4 Å². The molecule has 128 valence electrons. The maximum atomic E-state index is 12.1. The van der Waals surface area contributed by atoms with Crippen LogP contribution < -0.4 is 15.4 Å². The molecule has 0 saturated carbocycles. The number of aromatic nitrogens is 3. The minimum Gasteiger partial charge on any atom is -0.495 e. The Morgan fingerprint density at radius 2 is 2.04 bits per heavy atom. The number of para-hydroxylation sites is 1. The first kappa shape index (κ1) is 16.8. The second-order valence-corrected chi connectivity index (χ2v) is 5.52. The van der Waals surface area contributed by atoms with Gasteiger partial charge in [0.1, 0.15) is 12.1 Å². The Hall–Kier alpha value is -3.06. The van der Waals surface area contributed by atoms with E-state index in [9.17, 15) is 4.79 Å². The fourth-order valence-electron chi connectivity index (χ4n) is 2.26. The van der Waals surface area contributed by atoms with Gasteiger partial charge in [-0.3, -0.25) is 4.57 Å². The first-order chi connectivity index (χ1) is 12.2. The number of nitrogens with one attached hydrogen (secondary N) is 2. The number of benzene rings is 2. The summed E-state index contributed by atoms with van der Waals surface area (Å²) in [6, 6.07) is 14.3. The van der Waals surface area contributed by atoms with Crippen molar-refractivity contribution >= 4 is 23.3 Å². The van der Waals surface area contributed by atoms with Crippen LogP contribution in [0.3, 0.4) is 0 Å². The summed E-state index contributed by atoms with van der Waals surface area (Å²) in [7, 11) is 1.53. The van der Waals surface area contributed by atoms with Crippen molar-refractivity contribution < 1.29 is 9.53 Å². The van der Waals surface area contributed by atoms with Crippen molar-refractivity contribution in [1.29, 1.82) is 0 Å². The lowest BCUT2D eigenvalue weighted by Crippen LogP contribution is -2.29. The topological polar surface area (TPSA) is 81.1 Å². The van der Waals surface area contributed by atoms with E-state index >= 15 is 0 Å². The van der Waals surface area contributed by atoms with Gasteiger partial charge in [-0.1, -0.05) is 29.8 Å². The fraction of sp³-hybridized carbons (Fsp3) is 0.118. The molecule has 0 bridgehead atoms. The Bertz CT molecular complexity index is 866. The summed E-state index contributed by atoms with van der Waals surface area (Å²) in [6.07, 6.45) is 1.60. The zero-order valence-electron chi connectivity index (χ0n) is 13.4. The number of carbonyl (C=O) groups is 1. The summed E-state index contributed by atoms with van der Waals surface area (Å²) in [5.74, 6) is 1.16. The van der Waals surface area contributed by atoms with E-state index in [2.05, 4.69) is 20.8 Å². The number of nitrogens with zero attached hydrogens (tertiary/aromatic N) is 3. The van der Waals surface area contributed by atoms with Crippen LogP contribution in [-0.2, 0) is 6.54 Å². The standard InChI is InChI=1S/C17H16ClN5O2/c1-25-15-8-7-12(9-14(15)18)21-17(24)19-10-16-22-20-11-23(16)13-5-3-2-4-6-13/h2-9,11H,10H2,1H3,(H2,19,21,24). The van der Waals surface area contributed by atoms with Gasteiger partial charge in [-0.25, -0.2) is 4.79 Å². The van der Waals surface area contributed by atoms with Gasteiger partial charge in [0.2, 0.25) is 0 Å². The van der Waals surface area contributed by atoms with Gasteiger partial charge in [-0.15, -0.1) is 10.2 Å². The highest BCUT2D eigenvalue weighted by Crippen LogP contribution is 2.27. The van der Waals surface area contributed by atoms with Gasteiger partial charge in [0.05, 0.1) is 18.7 Å². The molecule has 0 unspecified atom stereocenters. The number of ether oxygens (including phenoxy) is 1. The molecule has 0 aliphatic heterocycles. The van der Waals surface area contributed by atoms with E-state index in [-0.39, 0.29) is 12.6 Å². The Morgan fingerprint density at radius 3 is 2.76 bits per heavy atom. The van der Waals surface area contributed by atoms with Crippen molar-refractivity contribution in [2.24, 2.45) is 0 Å². The van der Waals surface area contributed by atoms with E-state index in [1.807, 2.05) is 34.9 Å². The van der Waals surface area contributed by atoms with Crippen LogP contribution >= 0.6 is 11.6 Å². The third kappa shape index (κ3) is 4.07. The highest BCUT2D eigenvalue weighted by Gasteiger charge is 2.09. The van der Waals surface area contributed by atoms with E-state index in [1.54, 1.807) is 24.5 Å². The lowest BCUT2D eigenvalue weighted by atomic mass is 10.3. The summed E-state index contributed by atoms with van der Waals surface area (Å²) < 4.78 is 6.89. The summed E-state index contributed by atoms with van der Waals surface area (Å²) in [5, 5.41) is 13.8. The largest absolute Gasteiger partial charge is 0.495 e. The van der Waals surface area contributed by atoms with Crippen LogP contribution in [0.15, 0.2) is 54.9 Å². The van der Waals surface area contributed by atoms with E-state index in [1.165, 1.54) is 7.11 Å². The van der Waals surface area contributed by atoms with Crippen molar-refractivity contribution in [3.05, 3.63) is 65.7 Å². The smallest absolute Gasteiger partial charge is 0.319 e. The molecular weight excluding hydrogens is 342 g/mol. The maximum Gasteiger partial charge on any atom is 0.319 e. The molecule has 8 heteroatoms. The molecule has 2 aromatic carbocycles. The van der Waals surface area contributed by atoms with Gasteiger partial charge >= 0.3 is 6.03 Å². The zero-order valence-corrected chi connectivity index (χ0v) is 14.2. The van der Waals surface area contributed by atoms with Crippen LogP contribution in [0, 0.1) is 0 Å². The molecule has 2 N–H and O–H groups in total. The van der Waals surface area contributed by atoms with Crippen LogP contribution in [0.2, 0.25) is 5.02 Å². The SMILES string of the molecule is COc1ccc(NC(=O)NCc2nncn2-c2ccccc2)cc1Cl. The lowest BCUT2D eigenvalue weighted by Gasteiger charge is -2.10. The number of carbonyl (C=O) groups excluding carboxylic acids is 1. The molecule has 0 fully saturated rings. The molecule has 0 atom stereocenters. The van der Waals surface area contributed by atoms with Crippen LogP contribution in [-0.4, -0.2) is 27.9 Å². The fourth-order valence-corrected chi connectivity index (χ4v) is 2.52. The molecule has 1 heterocycles. The van der Waals surface area contributed by atoms with Gasteiger partial charge in [0, 0.05) is 11.4 Å². The normalized spacial score (nSPS) is 10.3. The summed E-state index contributed by atoms with van der Waals surface area (Å²) in [5.41, 5.74) is 1.49. The number of hydrogen-bond donors (Lipinski definition) is 2. The minimum atomic E-state index is -0.371. The van der Waals surface area contributed by atoms with Crippen molar-refractivity contribution in [3.8, 4) is 11.4 Å². The molecule has 0 aliphatic carbocycles. The summed E-state index contributed by atoms with van der Waals surface area (Å²) in [6.45, 7) is 0.227. The summed E-state index contributed by atoms with van der Waals surface area (Å²) in [4.78, 5) is 12.1. The molecule has 0 spiro atoms. The lowest BCUT2D eigenvalue weighted by molar-refractivity contribution is 0.251. The molecule has 25 heavy (non-hydrogen) atoms. The number of amides is 2. The van der Waals surface area contributed by atoms with Crippen molar-refractivity contribution in [2.75, 3.05) is 12.4 Å². The Morgan fingerprint density at radius 1 is 1.24 bits per heavy atom. The Labute approximate surface area is 149 Å². The van der Waals surface area contributed by atoms with Crippen molar-refractivity contribution in [1.82, 2.24) is 20.1 Å². The zero-order chi connectivity index (χ0) is 17.6. The molecule has 0 aliphatic rings. The molecule has 7 nitrogen and oxygen atoms in total.